The van der Waals surface area contributed by atoms with Crippen molar-refractivity contribution in [2.45, 2.75) is 19.5 Å². The first-order valence-corrected chi connectivity index (χ1v) is 11.4. The normalized spacial score (nSPS) is 16.8. The van der Waals surface area contributed by atoms with Crippen LogP contribution in [0, 0.1) is 5.82 Å². The first kappa shape index (κ1) is 24.8. The number of Topliss-reactive ketones (excluding diaryl/α,β-unsaturated/α-hetero) is 1. The molecule has 8 heteroatoms. The number of likely N-dealkylation sites (tertiary alicyclic amines) is 1. The highest BCUT2D eigenvalue weighted by Gasteiger charge is 2.46. The monoisotopic (exact) mass is 491 g/mol. The number of halogens is 1. The van der Waals surface area contributed by atoms with Gasteiger partial charge in [0.25, 0.3) is 11.7 Å². The number of nitrogens with zero attached hydrogens (tertiary/aromatic N) is 1. The Morgan fingerprint density at radius 2 is 1.64 bits per heavy atom. The lowest BCUT2D eigenvalue weighted by Gasteiger charge is -2.26. The molecule has 36 heavy (non-hydrogen) atoms. The van der Waals surface area contributed by atoms with Crippen LogP contribution in [0.5, 0.6) is 17.2 Å². The lowest BCUT2D eigenvalue weighted by atomic mass is 9.94. The van der Waals surface area contributed by atoms with E-state index in [1.807, 2.05) is 6.92 Å². The highest BCUT2D eigenvalue weighted by atomic mass is 19.1. The van der Waals surface area contributed by atoms with Crippen molar-refractivity contribution in [3.8, 4) is 17.2 Å². The quantitative estimate of drug-likeness (QED) is 0.275. The standard InChI is InChI=1S/C28H26FNO6/c1-4-36-23-15-18(11-14-22(23)35-3)25-24(26(31)20-7-5-6-8-21(20)34-2)27(32)28(33)30(25)16-17-9-12-19(29)13-10-17/h5-15,25,31H,4,16H2,1-3H3/b26-24-. The molecule has 1 aliphatic heterocycles. The summed E-state index contributed by atoms with van der Waals surface area (Å²) in [6.45, 7) is 2.22. The molecule has 0 bridgehead atoms. The van der Waals surface area contributed by atoms with Crippen molar-refractivity contribution in [1.82, 2.24) is 4.90 Å². The number of aliphatic hydroxyl groups is 1. The molecule has 186 valence electrons. The summed E-state index contributed by atoms with van der Waals surface area (Å²) in [5.74, 6) is -1.11. The molecule has 1 atom stereocenters. The number of ether oxygens (including phenoxy) is 3. The fraction of sp³-hybridized carbons (Fsp3) is 0.214. The molecule has 0 radical (unpaired) electrons. The van der Waals surface area contributed by atoms with Crippen molar-refractivity contribution >= 4 is 17.4 Å². The molecule has 1 N–H and O–H groups in total. The fourth-order valence-corrected chi connectivity index (χ4v) is 4.29. The number of rotatable bonds is 8. The van der Waals surface area contributed by atoms with Gasteiger partial charge in [-0.2, -0.15) is 0 Å². The molecule has 1 heterocycles. The van der Waals surface area contributed by atoms with Gasteiger partial charge in [-0.1, -0.05) is 30.3 Å². The van der Waals surface area contributed by atoms with Crippen molar-refractivity contribution in [3.63, 3.8) is 0 Å². The predicted octanol–water partition coefficient (Wildman–Crippen LogP) is 4.86. The van der Waals surface area contributed by atoms with Crippen molar-refractivity contribution in [2.75, 3.05) is 20.8 Å². The molecule has 7 nitrogen and oxygen atoms in total. The molecule has 0 saturated carbocycles. The molecule has 1 amide bonds. The van der Waals surface area contributed by atoms with Crippen LogP contribution in [0.2, 0.25) is 0 Å². The maximum absolute atomic E-state index is 13.5. The second-order valence-corrected chi connectivity index (χ2v) is 8.10. The Kier molecular flexibility index (Phi) is 7.24. The minimum absolute atomic E-state index is 0.0220. The maximum atomic E-state index is 13.5. The summed E-state index contributed by atoms with van der Waals surface area (Å²) in [7, 11) is 2.97. The Labute approximate surface area is 208 Å². The summed E-state index contributed by atoms with van der Waals surface area (Å²) < 4.78 is 29.9. The van der Waals surface area contributed by atoms with E-state index in [2.05, 4.69) is 0 Å². The number of aliphatic hydroxyl groups excluding tert-OH is 1. The van der Waals surface area contributed by atoms with Crippen LogP contribution in [-0.2, 0) is 16.1 Å². The third-order valence-corrected chi connectivity index (χ3v) is 5.97. The van der Waals surface area contributed by atoms with E-state index in [-0.39, 0.29) is 23.4 Å². The number of para-hydroxylation sites is 1. The number of ketones is 1. The SMILES string of the molecule is CCOc1cc(C2/C(=C(/O)c3ccccc3OC)C(=O)C(=O)N2Cc2ccc(F)cc2)ccc1OC. The molecule has 3 aromatic rings. The highest BCUT2D eigenvalue weighted by molar-refractivity contribution is 6.46. The highest BCUT2D eigenvalue weighted by Crippen LogP contribution is 2.43. The van der Waals surface area contributed by atoms with Gasteiger partial charge in [0.05, 0.1) is 38.0 Å². The van der Waals surface area contributed by atoms with Gasteiger partial charge < -0.3 is 24.2 Å². The van der Waals surface area contributed by atoms with Gasteiger partial charge in [0.1, 0.15) is 17.3 Å². The van der Waals surface area contributed by atoms with E-state index in [0.29, 0.717) is 35.0 Å². The molecule has 4 rings (SSSR count). The number of carbonyl (C=O) groups is 2. The largest absolute Gasteiger partial charge is 0.507 e. The Hall–Kier alpha value is -4.33. The minimum Gasteiger partial charge on any atom is -0.507 e. The summed E-state index contributed by atoms with van der Waals surface area (Å²) in [5.41, 5.74) is 1.36. The predicted molar refractivity (Wildman–Crippen MR) is 131 cm³/mol. The van der Waals surface area contributed by atoms with Crippen LogP contribution in [-0.4, -0.2) is 42.5 Å². The summed E-state index contributed by atoms with van der Waals surface area (Å²) in [5, 5.41) is 11.3. The molecule has 3 aromatic carbocycles. The Bertz CT molecular complexity index is 1320. The molecular weight excluding hydrogens is 465 g/mol. The minimum atomic E-state index is -0.940. The third-order valence-electron chi connectivity index (χ3n) is 5.97. The van der Waals surface area contributed by atoms with Gasteiger partial charge in [-0.05, 0) is 54.4 Å². The summed E-state index contributed by atoms with van der Waals surface area (Å²) in [6.07, 6.45) is 0. The molecule has 0 aliphatic carbocycles. The van der Waals surface area contributed by atoms with Gasteiger partial charge in [0.2, 0.25) is 0 Å². The van der Waals surface area contributed by atoms with Crippen LogP contribution in [0.25, 0.3) is 5.76 Å². The molecule has 0 spiro atoms. The average Bonchev–Trinajstić information content (AvgIpc) is 3.14. The lowest BCUT2D eigenvalue weighted by Crippen LogP contribution is -2.29. The van der Waals surface area contributed by atoms with Crippen LogP contribution in [0.3, 0.4) is 0 Å². The molecule has 0 aromatic heterocycles. The number of amides is 1. The Morgan fingerprint density at radius 1 is 0.944 bits per heavy atom. The number of benzene rings is 3. The zero-order chi connectivity index (χ0) is 25.8. The number of hydrogen-bond acceptors (Lipinski definition) is 6. The van der Waals surface area contributed by atoms with Crippen LogP contribution in [0.4, 0.5) is 4.39 Å². The maximum Gasteiger partial charge on any atom is 0.295 e. The van der Waals surface area contributed by atoms with Crippen molar-refractivity contribution in [2.24, 2.45) is 0 Å². The van der Waals surface area contributed by atoms with Crippen LogP contribution >= 0.6 is 0 Å². The van der Waals surface area contributed by atoms with Crippen molar-refractivity contribution in [1.29, 1.82) is 0 Å². The third kappa shape index (κ3) is 4.62. The van der Waals surface area contributed by atoms with E-state index < -0.39 is 23.5 Å². The van der Waals surface area contributed by atoms with Gasteiger partial charge in [0, 0.05) is 6.54 Å². The molecule has 1 aliphatic rings. The smallest absolute Gasteiger partial charge is 0.295 e. The first-order chi connectivity index (χ1) is 17.4. The van der Waals surface area contributed by atoms with Gasteiger partial charge >= 0.3 is 0 Å². The van der Waals surface area contributed by atoms with Crippen molar-refractivity contribution < 1.29 is 33.3 Å². The molecular formula is C28H26FNO6. The van der Waals surface area contributed by atoms with Crippen LogP contribution in [0.1, 0.15) is 29.7 Å². The van der Waals surface area contributed by atoms with Gasteiger partial charge in [0.15, 0.2) is 11.5 Å². The summed E-state index contributed by atoms with van der Waals surface area (Å²) >= 11 is 0. The summed E-state index contributed by atoms with van der Waals surface area (Å²) in [6, 6.07) is 16.5. The topological polar surface area (TPSA) is 85.3 Å². The molecule has 1 fully saturated rings. The van der Waals surface area contributed by atoms with E-state index >= 15 is 0 Å². The second-order valence-electron chi connectivity index (χ2n) is 8.10. The van der Waals surface area contributed by atoms with Crippen LogP contribution in [0.15, 0.2) is 72.3 Å². The van der Waals surface area contributed by atoms with E-state index in [1.54, 1.807) is 54.6 Å². The average molecular weight is 492 g/mol. The van der Waals surface area contributed by atoms with Gasteiger partial charge in [-0.15, -0.1) is 0 Å². The number of methoxy groups -OCH3 is 2. The zero-order valence-corrected chi connectivity index (χ0v) is 20.2. The Balaban J connectivity index is 1.91. The van der Waals surface area contributed by atoms with Gasteiger partial charge in [-0.3, -0.25) is 9.59 Å². The molecule has 1 saturated heterocycles. The summed E-state index contributed by atoms with van der Waals surface area (Å²) in [4.78, 5) is 27.9. The number of carbonyl (C=O) groups excluding carboxylic acids is 2. The number of hydrogen-bond donors (Lipinski definition) is 1. The van der Waals surface area contributed by atoms with Crippen molar-refractivity contribution in [3.05, 3.63) is 94.8 Å². The zero-order valence-electron chi connectivity index (χ0n) is 20.2. The fourth-order valence-electron chi connectivity index (χ4n) is 4.29. The van der Waals surface area contributed by atoms with E-state index in [9.17, 15) is 19.1 Å². The van der Waals surface area contributed by atoms with E-state index in [1.165, 1.54) is 31.3 Å². The van der Waals surface area contributed by atoms with E-state index in [0.717, 1.165) is 0 Å². The Morgan fingerprint density at radius 3 is 2.31 bits per heavy atom. The second kappa shape index (κ2) is 10.5. The molecule has 1 unspecified atom stereocenters. The van der Waals surface area contributed by atoms with Gasteiger partial charge in [-0.25, -0.2) is 4.39 Å². The first-order valence-electron chi connectivity index (χ1n) is 11.4. The lowest BCUT2D eigenvalue weighted by molar-refractivity contribution is -0.140. The van der Waals surface area contributed by atoms with E-state index in [4.69, 9.17) is 14.2 Å². The van der Waals surface area contributed by atoms with Crippen LogP contribution < -0.4 is 14.2 Å².